The molecule has 0 saturated heterocycles. The highest BCUT2D eigenvalue weighted by molar-refractivity contribution is 7.98. The summed E-state index contributed by atoms with van der Waals surface area (Å²) in [4.78, 5) is 36.7. The SMILES string of the molecule is CSc1ccc(C(=O)COC(=O)COc2cccc3c2OC(C)(C)C3)cc1NC(C)=O. The van der Waals surface area contributed by atoms with Crippen LogP contribution in [0.3, 0.4) is 0 Å². The van der Waals surface area contributed by atoms with Gasteiger partial charge in [-0.3, -0.25) is 9.59 Å². The Morgan fingerprint density at radius 3 is 2.65 bits per heavy atom. The van der Waals surface area contributed by atoms with E-state index in [4.69, 9.17) is 14.2 Å². The van der Waals surface area contributed by atoms with Gasteiger partial charge in [0.1, 0.15) is 5.60 Å². The number of nitrogens with one attached hydrogen (secondary N) is 1. The zero-order chi connectivity index (χ0) is 22.6. The maximum atomic E-state index is 12.4. The minimum atomic E-state index is -0.661. The first-order valence-electron chi connectivity index (χ1n) is 9.76. The fourth-order valence-corrected chi connectivity index (χ4v) is 3.81. The highest BCUT2D eigenvalue weighted by atomic mass is 32.2. The number of carbonyl (C=O) groups is 3. The molecule has 2 aromatic carbocycles. The molecule has 2 aromatic rings. The fourth-order valence-electron chi connectivity index (χ4n) is 3.28. The number of thioether (sulfide) groups is 1. The van der Waals surface area contributed by atoms with Gasteiger partial charge in [-0.25, -0.2) is 4.79 Å². The molecular formula is C23H25NO6S. The van der Waals surface area contributed by atoms with E-state index in [1.54, 1.807) is 24.3 Å². The summed E-state index contributed by atoms with van der Waals surface area (Å²) in [5, 5.41) is 2.70. The lowest BCUT2D eigenvalue weighted by Crippen LogP contribution is -2.25. The molecule has 0 fully saturated rings. The van der Waals surface area contributed by atoms with Crippen LogP contribution in [-0.4, -0.2) is 42.7 Å². The van der Waals surface area contributed by atoms with Crippen LogP contribution in [-0.2, 0) is 20.7 Å². The molecule has 1 N–H and O–H groups in total. The predicted molar refractivity (Wildman–Crippen MR) is 118 cm³/mol. The Kier molecular flexibility index (Phi) is 6.90. The number of benzene rings is 2. The van der Waals surface area contributed by atoms with Gasteiger partial charge in [-0.2, -0.15) is 0 Å². The molecule has 3 rings (SSSR count). The van der Waals surface area contributed by atoms with Crippen LogP contribution in [0.15, 0.2) is 41.3 Å². The molecule has 0 radical (unpaired) electrons. The lowest BCUT2D eigenvalue weighted by molar-refractivity contribution is -0.144. The van der Waals surface area contributed by atoms with E-state index in [1.807, 2.05) is 32.2 Å². The van der Waals surface area contributed by atoms with E-state index in [1.165, 1.54) is 18.7 Å². The second-order valence-corrected chi connectivity index (χ2v) is 8.60. The van der Waals surface area contributed by atoms with Gasteiger partial charge in [0, 0.05) is 29.4 Å². The van der Waals surface area contributed by atoms with Gasteiger partial charge in [0.25, 0.3) is 0 Å². The van der Waals surface area contributed by atoms with E-state index in [0.717, 1.165) is 16.9 Å². The van der Waals surface area contributed by atoms with Crippen LogP contribution in [0.25, 0.3) is 0 Å². The highest BCUT2D eigenvalue weighted by Gasteiger charge is 2.32. The number of fused-ring (bicyclic) bond motifs is 1. The van der Waals surface area contributed by atoms with Crippen molar-refractivity contribution in [1.82, 2.24) is 0 Å². The summed E-state index contributed by atoms with van der Waals surface area (Å²) < 4.78 is 16.6. The van der Waals surface area contributed by atoms with E-state index in [-0.39, 0.29) is 23.9 Å². The second-order valence-electron chi connectivity index (χ2n) is 7.75. The molecular weight excluding hydrogens is 418 g/mol. The van der Waals surface area contributed by atoms with Crippen molar-refractivity contribution in [3.63, 3.8) is 0 Å². The largest absolute Gasteiger partial charge is 0.483 e. The van der Waals surface area contributed by atoms with Crippen molar-refractivity contribution >= 4 is 35.1 Å². The summed E-state index contributed by atoms with van der Waals surface area (Å²) in [6.07, 6.45) is 2.63. The van der Waals surface area contributed by atoms with Gasteiger partial charge >= 0.3 is 5.97 Å². The van der Waals surface area contributed by atoms with Gasteiger partial charge in [-0.1, -0.05) is 18.2 Å². The van der Waals surface area contributed by atoms with Crippen LogP contribution in [0.2, 0.25) is 0 Å². The Labute approximate surface area is 185 Å². The number of Topliss-reactive ketones (excluding diaryl/α,β-unsaturated/α-hetero) is 1. The summed E-state index contributed by atoms with van der Waals surface area (Å²) in [6, 6.07) is 10.5. The van der Waals surface area contributed by atoms with Gasteiger partial charge in [0.2, 0.25) is 5.91 Å². The van der Waals surface area contributed by atoms with Crippen molar-refractivity contribution in [3.8, 4) is 11.5 Å². The average molecular weight is 444 g/mol. The van der Waals surface area contributed by atoms with Crippen molar-refractivity contribution in [2.75, 3.05) is 24.8 Å². The van der Waals surface area contributed by atoms with Gasteiger partial charge in [0.15, 0.2) is 30.5 Å². The van der Waals surface area contributed by atoms with Crippen LogP contribution in [0.4, 0.5) is 5.69 Å². The molecule has 7 nitrogen and oxygen atoms in total. The third-order valence-corrected chi connectivity index (χ3v) is 5.39. The fraction of sp³-hybridized carbons (Fsp3) is 0.348. The van der Waals surface area contributed by atoms with E-state index in [0.29, 0.717) is 22.7 Å². The minimum Gasteiger partial charge on any atom is -0.483 e. The normalized spacial score (nSPS) is 13.7. The predicted octanol–water partition coefficient (Wildman–Crippen LogP) is 3.89. The van der Waals surface area contributed by atoms with E-state index in [9.17, 15) is 14.4 Å². The van der Waals surface area contributed by atoms with E-state index in [2.05, 4.69) is 5.32 Å². The zero-order valence-electron chi connectivity index (χ0n) is 17.9. The van der Waals surface area contributed by atoms with E-state index < -0.39 is 12.6 Å². The van der Waals surface area contributed by atoms with E-state index >= 15 is 0 Å². The first-order chi connectivity index (χ1) is 14.7. The highest BCUT2D eigenvalue weighted by Crippen LogP contribution is 2.41. The topological polar surface area (TPSA) is 90.9 Å². The first-order valence-corrected chi connectivity index (χ1v) is 11.0. The molecule has 0 saturated carbocycles. The number of hydrogen-bond donors (Lipinski definition) is 1. The first kappa shape index (κ1) is 22.7. The average Bonchev–Trinajstić information content (AvgIpc) is 3.04. The molecule has 1 amide bonds. The number of para-hydroxylation sites is 1. The zero-order valence-corrected chi connectivity index (χ0v) is 18.8. The van der Waals surface area contributed by atoms with Gasteiger partial charge in [-0.05, 0) is 38.3 Å². The molecule has 0 aromatic heterocycles. The Hall–Kier alpha value is -3.00. The maximum Gasteiger partial charge on any atom is 0.344 e. The van der Waals surface area contributed by atoms with Crippen LogP contribution in [0, 0.1) is 0 Å². The third-order valence-electron chi connectivity index (χ3n) is 4.60. The van der Waals surface area contributed by atoms with Crippen LogP contribution in [0.1, 0.15) is 36.7 Å². The van der Waals surface area contributed by atoms with Crippen molar-refractivity contribution in [1.29, 1.82) is 0 Å². The Balaban J connectivity index is 1.56. The molecule has 0 unspecified atom stereocenters. The molecule has 0 bridgehead atoms. The number of rotatable bonds is 8. The van der Waals surface area contributed by atoms with Crippen molar-refractivity contribution < 1.29 is 28.6 Å². The smallest absolute Gasteiger partial charge is 0.344 e. The molecule has 0 aliphatic carbocycles. The molecule has 0 spiro atoms. The van der Waals surface area contributed by atoms with Crippen molar-refractivity contribution in [2.45, 2.75) is 37.7 Å². The summed E-state index contributed by atoms with van der Waals surface area (Å²) >= 11 is 1.45. The quantitative estimate of drug-likeness (QED) is 0.376. The number of carbonyl (C=O) groups excluding carboxylic acids is 3. The standard InChI is InChI=1S/C23H25NO6S/c1-14(25)24-17-10-15(8-9-20(17)31-4)18(26)12-29-21(27)13-28-19-7-5-6-16-11-23(2,3)30-22(16)19/h5-10H,11-13H2,1-4H3,(H,24,25). The molecule has 1 heterocycles. The van der Waals surface area contributed by atoms with Crippen molar-refractivity contribution in [3.05, 3.63) is 47.5 Å². The monoisotopic (exact) mass is 443 g/mol. The van der Waals surface area contributed by atoms with Gasteiger partial charge in [0.05, 0.1) is 5.69 Å². The molecule has 1 aliphatic rings. The summed E-state index contributed by atoms with van der Waals surface area (Å²) in [6.45, 7) is 4.61. The second kappa shape index (κ2) is 9.43. The Morgan fingerprint density at radius 2 is 1.94 bits per heavy atom. The summed E-state index contributed by atoms with van der Waals surface area (Å²) in [5.41, 5.74) is 1.58. The minimum absolute atomic E-state index is 0.233. The number of esters is 1. The van der Waals surface area contributed by atoms with Crippen molar-refractivity contribution in [2.24, 2.45) is 0 Å². The molecule has 8 heteroatoms. The molecule has 164 valence electrons. The Morgan fingerprint density at radius 1 is 1.16 bits per heavy atom. The molecule has 1 aliphatic heterocycles. The number of ether oxygens (including phenoxy) is 3. The number of anilines is 1. The number of amides is 1. The lowest BCUT2D eigenvalue weighted by atomic mass is 10.0. The van der Waals surface area contributed by atoms with Crippen LogP contribution < -0.4 is 14.8 Å². The third kappa shape index (κ3) is 5.79. The van der Waals surface area contributed by atoms with Crippen LogP contribution >= 0.6 is 11.8 Å². The Bertz CT molecular complexity index is 1020. The maximum absolute atomic E-state index is 12.4. The summed E-state index contributed by atoms with van der Waals surface area (Å²) in [5.74, 6) is -0.165. The van der Waals surface area contributed by atoms with Gasteiger partial charge < -0.3 is 19.5 Å². The molecule has 0 atom stereocenters. The van der Waals surface area contributed by atoms with Gasteiger partial charge in [-0.15, -0.1) is 11.8 Å². The number of hydrogen-bond acceptors (Lipinski definition) is 7. The number of ketones is 1. The van der Waals surface area contributed by atoms with Crippen LogP contribution in [0.5, 0.6) is 11.5 Å². The summed E-state index contributed by atoms with van der Waals surface area (Å²) in [7, 11) is 0. The molecule has 31 heavy (non-hydrogen) atoms. The lowest BCUT2D eigenvalue weighted by Gasteiger charge is -2.18.